The van der Waals surface area contributed by atoms with Gasteiger partial charge in [0.15, 0.2) is 0 Å². The molecular weight excluding hydrogens is 300 g/mol. The molecule has 3 rings (SSSR count). The van der Waals surface area contributed by atoms with Gasteiger partial charge >= 0.3 is 0 Å². The van der Waals surface area contributed by atoms with Crippen LogP contribution in [-0.4, -0.2) is 0 Å². The minimum absolute atomic E-state index is 0.276. The van der Waals surface area contributed by atoms with E-state index < -0.39 is 0 Å². The molecule has 0 unspecified atom stereocenters. The molecule has 0 aliphatic rings. The lowest BCUT2D eigenvalue weighted by molar-refractivity contribution is 0.934. The molecule has 0 aliphatic heterocycles. The molecule has 0 heterocycles. The molecule has 0 aromatic heterocycles. The summed E-state index contributed by atoms with van der Waals surface area (Å²) in [7, 11) is 0. The van der Waals surface area contributed by atoms with Crippen LogP contribution in [0.2, 0.25) is 0 Å². The molecule has 0 spiro atoms. The molecule has 0 heteroatoms. The molecule has 128 valence electrons. The minimum Gasteiger partial charge on any atom is -0.0622 e. The largest absolute Gasteiger partial charge is 0.0622 e. The Morgan fingerprint density at radius 2 is 1.00 bits per heavy atom. The fourth-order valence-corrected chi connectivity index (χ4v) is 3.92. The van der Waals surface area contributed by atoms with Gasteiger partial charge in [-0.15, -0.1) is 0 Å². The van der Waals surface area contributed by atoms with Gasteiger partial charge in [0.2, 0.25) is 0 Å². The third-order valence-corrected chi connectivity index (χ3v) is 5.46. The normalized spacial score (nSPS) is 11.2. The van der Waals surface area contributed by atoms with Gasteiger partial charge in [-0.1, -0.05) is 65.7 Å². The Morgan fingerprint density at radius 3 is 1.44 bits per heavy atom. The summed E-state index contributed by atoms with van der Waals surface area (Å²) in [5.74, 6) is 0.276. The third kappa shape index (κ3) is 3.39. The predicted molar refractivity (Wildman–Crippen MR) is 109 cm³/mol. The summed E-state index contributed by atoms with van der Waals surface area (Å²) in [6, 6.07) is 20.2. The van der Waals surface area contributed by atoms with Crippen molar-refractivity contribution >= 4 is 0 Å². The quantitative estimate of drug-likeness (QED) is 0.468. The van der Waals surface area contributed by atoms with Crippen LogP contribution in [0, 0.1) is 41.5 Å². The minimum atomic E-state index is 0.276. The van der Waals surface area contributed by atoms with Crippen LogP contribution in [0.25, 0.3) is 0 Å². The highest BCUT2D eigenvalue weighted by Gasteiger charge is 2.22. The number of rotatable bonds is 3. The standard InChI is InChI=1S/C25H28/c1-16-12-18(3)20(5)23(14-16)25(22-10-8-7-9-11-22)24-15-17(2)13-19(4)21(24)6/h7-15,25H,1-6H3. The Balaban J connectivity index is 2.34. The van der Waals surface area contributed by atoms with Crippen LogP contribution < -0.4 is 0 Å². The maximum atomic E-state index is 2.37. The van der Waals surface area contributed by atoms with Crippen molar-refractivity contribution in [2.45, 2.75) is 47.5 Å². The van der Waals surface area contributed by atoms with Crippen LogP contribution in [-0.2, 0) is 0 Å². The first-order valence-corrected chi connectivity index (χ1v) is 9.09. The maximum Gasteiger partial charge on any atom is 0.0345 e. The van der Waals surface area contributed by atoms with Gasteiger partial charge in [0.05, 0.1) is 0 Å². The van der Waals surface area contributed by atoms with Gasteiger partial charge in [-0.25, -0.2) is 0 Å². The van der Waals surface area contributed by atoms with Gasteiger partial charge in [-0.3, -0.25) is 0 Å². The Labute approximate surface area is 152 Å². The summed E-state index contributed by atoms with van der Waals surface area (Å²) < 4.78 is 0. The van der Waals surface area contributed by atoms with Crippen molar-refractivity contribution in [1.82, 2.24) is 0 Å². The van der Waals surface area contributed by atoms with Gasteiger partial charge in [-0.2, -0.15) is 0 Å². The lowest BCUT2D eigenvalue weighted by atomic mass is 9.78. The van der Waals surface area contributed by atoms with E-state index >= 15 is 0 Å². The molecule has 3 aromatic rings. The Bertz CT molecular complexity index is 844. The predicted octanol–water partition coefficient (Wildman–Crippen LogP) is 6.72. The fourth-order valence-electron chi connectivity index (χ4n) is 3.92. The first-order valence-electron chi connectivity index (χ1n) is 9.09. The maximum absolute atomic E-state index is 2.37. The molecular formula is C25H28. The van der Waals surface area contributed by atoms with Crippen LogP contribution in [0.3, 0.4) is 0 Å². The van der Waals surface area contributed by atoms with Crippen molar-refractivity contribution in [3.8, 4) is 0 Å². The fraction of sp³-hybridized carbons (Fsp3) is 0.280. The highest BCUT2D eigenvalue weighted by molar-refractivity contribution is 5.53. The molecule has 0 bridgehead atoms. The number of hydrogen-bond acceptors (Lipinski definition) is 0. The monoisotopic (exact) mass is 328 g/mol. The molecule has 0 N–H and O–H groups in total. The first-order chi connectivity index (χ1) is 11.9. The van der Waals surface area contributed by atoms with E-state index in [-0.39, 0.29) is 5.92 Å². The number of hydrogen-bond donors (Lipinski definition) is 0. The SMILES string of the molecule is Cc1cc(C)c(C)c(C(c2ccccc2)c2cc(C)cc(C)c2C)c1. The zero-order valence-corrected chi connectivity index (χ0v) is 16.3. The van der Waals surface area contributed by atoms with Crippen LogP contribution in [0.4, 0.5) is 0 Å². The van der Waals surface area contributed by atoms with Crippen molar-refractivity contribution in [3.63, 3.8) is 0 Å². The summed E-state index contributed by atoms with van der Waals surface area (Å²) in [6.07, 6.45) is 0. The van der Waals surface area contributed by atoms with Gasteiger partial charge in [0, 0.05) is 5.92 Å². The molecule has 0 nitrogen and oxygen atoms in total. The van der Waals surface area contributed by atoms with Gasteiger partial charge in [0.25, 0.3) is 0 Å². The van der Waals surface area contributed by atoms with E-state index in [1.54, 1.807) is 0 Å². The molecule has 25 heavy (non-hydrogen) atoms. The van der Waals surface area contributed by atoms with E-state index in [1.165, 1.54) is 50.1 Å². The average Bonchev–Trinajstić information content (AvgIpc) is 2.57. The number of aryl methyl sites for hydroxylation is 4. The molecule has 3 aromatic carbocycles. The average molecular weight is 328 g/mol. The van der Waals surface area contributed by atoms with Gasteiger partial charge in [-0.05, 0) is 80.5 Å². The van der Waals surface area contributed by atoms with Crippen LogP contribution in [0.15, 0.2) is 54.6 Å². The van der Waals surface area contributed by atoms with E-state index in [0.717, 1.165) is 0 Å². The van der Waals surface area contributed by atoms with E-state index in [0.29, 0.717) is 0 Å². The second-order valence-electron chi connectivity index (χ2n) is 7.44. The molecule has 0 aliphatic carbocycles. The highest BCUT2D eigenvalue weighted by atomic mass is 14.3. The summed E-state index contributed by atoms with van der Waals surface area (Å²) in [5.41, 5.74) is 12.4. The van der Waals surface area contributed by atoms with Crippen molar-refractivity contribution in [3.05, 3.63) is 105 Å². The number of benzene rings is 3. The van der Waals surface area contributed by atoms with Gasteiger partial charge < -0.3 is 0 Å². The molecule has 0 saturated carbocycles. The second-order valence-corrected chi connectivity index (χ2v) is 7.44. The zero-order chi connectivity index (χ0) is 18.1. The lowest BCUT2D eigenvalue weighted by Gasteiger charge is -2.25. The second kappa shape index (κ2) is 6.88. The summed E-state index contributed by atoms with van der Waals surface area (Å²) in [5, 5.41) is 0. The van der Waals surface area contributed by atoms with Gasteiger partial charge in [0.1, 0.15) is 0 Å². The third-order valence-electron chi connectivity index (χ3n) is 5.46. The smallest absolute Gasteiger partial charge is 0.0345 e. The lowest BCUT2D eigenvalue weighted by Crippen LogP contribution is -2.09. The Morgan fingerprint density at radius 1 is 0.560 bits per heavy atom. The van der Waals surface area contributed by atoms with Crippen molar-refractivity contribution < 1.29 is 0 Å². The summed E-state index contributed by atoms with van der Waals surface area (Å²) in [4.78, 5) is 0. The van der Waals surface area contributed by atoms with E-state index in [1.807, 2.05) is 0 Å². The topological polar surface area (TPSA) is 0 Å². The molecule has 0 saturated heterocycles. The van der Waals surface area contributed by atoms with E-state index in [9.17, 15) is 0 Å². The van der Waals surface area contributed by atoms with Crippen LogP contribution in [0.1, 0.15) is 56.0 Å². The van der Waals surface area contributed by atoms with Crippen molar-refractivity contribution in [2.75, 3.05) is 0 Å². The zero-order valence-electron chi connectivity index (χ0n) is 16.3. The molecule has 0 atom stereocenters. The molecule has 0 amide bonds. The summed E-state index contributed by atoms with van der Waals surface area (Å²) in [6.45, 7) is 13.4. The Hall–Kier alpha value is -2.34. The highest BCUT2D eigenvalue weighted by Crippen LogP contribution is 2.38. The van der Waals surface area contributed by atoms with Crippen LogP contribution >= 0.6 is 0 Å². The van der Waals surface area contributed by atoms with E-state index in [4.69, 9.17) is 0 Å². The summed E-state index contributed by atoms with van der Waals surface area (Å²) >= 11 is 0. The first kappa shape index (κ1) is 17.5. The molecule has 0 radical (unpaired) electrons. The van der Waals surface area contributed by atoms with Crippen molar-refractivity contribution in [1.29, 1.82) is 0 Å². The Kier molecular flexibility index (Phi) is 4.81. The van der Waals surface area contributed by atoms with E-state index in [2.05, 4.69) is 96.1 Å². The van der Waals surface area contributed by atoms with Crippen LogP contribution in [0.5, 0.6) is 0 Å². The molecule has 0 fully saturated rings. The van der Waals surface area contributed by atoms with Crippen molar-refractivity contribution in [2.24, 2.45) is 0 Å².